The number of carbonyl (C=O) groups is 1. The van der Waals surface area contributed by atoms with Crippen molar-refractivity contribution in [2.45, 2.75) is 104 Å². The number of unbranched alkanes of at least 4 members (excludes halogenated alkanes) is 6. The van der Waals surface area contributed by atoms with Gasteiger partial charge in [-0.2, -0.15) is 0 Å². The Morgan fingerprint density at radius 3 is 2.07 bits per heavy atom. The maximum absolute atomic E-state index is 12.9. The Labute approximate surface area is 254 Å². The molecule has 0 spiro atoms. The molecule has 43 heavy (non-hydrogen) atoms. The van der Waals surface area contributed by atoms with E-state index in [-0.39, 0.29) is 40.8 Å². The van der Waals surface area contributed by atoms with Crippen LogP contribution in [0.25, 0.3) is 11.3 Å². The molecule has 2 aromatic carbocycles. The van der Waals surface area contributed by atoms with E-state index in [0.29, 0.717) is 5.69 Å². The van der Waals surface area contributed by atoms with Gasteiger partial charge in [0.25, 0.3) is 0 Å². The number of nitrogen functional groups attached to an aromatic ring is 1. The summed E-state index contributed by atoms with van der Waals surface area (Å²) in [5, 5.41) is 11.8. The first-order valence-corrected chi connectivity index (χ1v) is 15.3. The summed E-state index contributed by atoms with van der Waals surface area (Å²) in [7, 11) is 0. The highest BCUT2D eigenvalue weighted by Gasteiger charge is 2.25. The highest BCUT2D eigenvalue weighted by Crippen LogP contribution is 2.34. The summed E-state index contributed by atoms with van der Waals surface area (Å²) in [5.41, 5.74) is 6.98. The number of carbonyl (C=O) groups excluding carboxylic acids is 1. The Morgan fingerprint density at radius 1 is 0.884 bits per heavy atom. The Bertz CT molecular complexity index is 1310. The van der Waals surface area contributed by atoms with Crippen LogP contribution in [-0.4, -0.2) is 33.1 Å². The first kappa shape index (κ1) is 33.3. The molecule has 1 aromatic heterocycles. The second-order valence-electron chi connectivity index (χ2n) is 10.9. The van der Waals surface area contributed by atoms with Crippen LogP contribution < -0.4 is 19.9 Å². The molecule has 0 fully saturated rings. The first-order valence-electron chi connectivity index (χ1n) is 15.3. The normalized spacial score (nSPS) is 12.4. The molecule has 0 aliphatic carbocycles. The number of hydrogen-bond acceptors (Lipinski definition) is 9. The molecule has 0 saturated carbocycles. The summed E-state index contributed by atoms with van der Waals surface area (Å²) in [6.07, 6.45) is 13.6. The average Bonchev–Trinajstić information content (AvgIpc) is 2.98. The van der Waals surface area contributed by atoms with Crippen LogP contribution in [0.5, 0.6) is 17.4 Å². The number of hydrogen-bond donors (Lipinski definition) is 1. The van der Waals surface area contributed by atoms with E-state index in [1.54, 1.807) is 0 Å². The summed E-state index contributed by atoms with van der Waals surface area (Å²) >= 11 is 0. The molecule has 232 valence electrons. The predicted octanol–water partition coefficient (Wildman–Crippen LogP) is 8.33. The summed E-state index contributed by atoms with van der Waals surface area (Å²) < 4.78 is 17.2. The van der Waals surface area contributed by atoms with Crippen LogP contribution in [0.2, 0.25) is 0 Å². The van der Waals surface area contributed by atoms with Crippen LogP contribution >= 0.6 is 0 Å². The molecule has 0 aliphatic rings. The highest BCUT2D eigenvalue weighted by molar-refractivity contribution is 5.97. The largest absolute Gasteiger partial charge is 0.491 e. The summed E-state index contributed by atoms with van der Waals surface area (Å²) in [6, 6.07) is 9.95. The van der Waals surface area contributed by atoms with Gasteiger partial charge in [0, 0.05) is 17.7 Å². The van der Waals surface area contributed by atoms with Gasteiger partial charge in [0.05, 0.1) is 46.5 Å². The Morgan fingerprint density at radius 2 is 1.51 bits per heavy atom. The van der Waals surface area contributed by atoms with Crippen LogP contribution in [0.1, 0.15) is 102 Å². The van der Waals surface area contributed by atoms with Gasteiger partial charge in [0.15, 0.2) is 5.75 Å². The fraction of sp³-hybridized carbons (Fsp3) is 0.485. The lowest BCUT2D eigenvalue weighted by atomic mass is 10.1. The maximum Gasteiger partial charge on any atom is 0.347 e. The van der Waals surface area contributed by atoms with Crippen molar-refractivity contribution in [3.63, 3.8) is 0 Å². The monoisotopic (exact) mass is 592 g/mol. The van der Waals surface area contributed by atoms with Crippen molar-refractivity contribution < 1.29 is 23.9 Å². The van der Waals surface area contributed by atoms with Crippen LogP contribution in [0.15, 0.2) is 48.8 Å². The highest BCUT2D eigenvalue weighted by atomic mass is 16.6. The smallest absolute Gasteiger partial charge is 0.347 e. The van der Waals surface area contributed by atoms with Crippen molar-refractivity contribution in [1.82, 2.24) is 9.97 Å². The van der Waals surface area contributed by atoms with Crippen LogP contribution in [0.4, 0.5) is 11.4 Å². The van der Waals surface area contributed by atoms with Gasteiger partial charge in [0.2, 0.25) is 5.88 Å². The number of anilines is 1. The lowest BCUT2D eigenvalue weighted by Gasteiger charge is -2.16. The fourth-order valence-electron chi connectivity index (χ4n) is 4.65. The quantitative estimate of drug-likeness (QED) is 0.0507. The van der Waals surface area contributed by atoms with E-state index in [9.17, 15) is 14.9 Å². The zero-order chi connectivity index (χ0) is 31.2. The molecule has 0 saturated heterocycles. The molecule has 2 N–H and O–H groups in total. The number of nitrogens with zero attached hydrogens (tertiary/aromatic N) is 3. The van der Waals surface area contributed by atoms with Crippen molar-refractivity contribution in [2.75, 3.05) is 5.73 Å². The molecule has 0 amide bonds. The zero-order valence-corrected chi connectivity index (χ0v) is 25.7. The lowest BCUT2D eigenvalue weighted by molar-refractivity contribution is -0.386. The minimum absolute atomic E-state index is 0.00551. The molecular weight excluding hydrogens is 548 g/mol. The van der Waals surface area contributed by atoms with Gasteiger partial charge in [-0.3, -0.25) is 10.1 Å². The predicted molar refractivity (Wildman–Crippen MR) is 168 cm³/mol. The van der Waals surface area contributed by atoms with Gasteiger partial charge in [-0.15, -0.1) is 0 Å². The van der Waals surface area contributed by atoms with Crippen LogP contribution in [0, 0.1) is 10.1 Å². The van der Waals surface area contributed by atoms with E-state index in [2.05, 4.69) is 30.7 Å². The molecule has 3 rings (SSSR count). The van der Waals surface area contributed by atoms with E-state index in [1.807, 2.05) is 31.2 Å². The third kappa shape index (κ3) is 10.5. The van der Waals surface area contributed by atoms with Gasteiger partial charge in [-0.25, -0.2) is 14.8 Å². The molecule has 10 heteroatoms. The topological polar surface area (TPSA) is 140 Å². The molecule has 1 heterocycles. The second-order valence-corrected chi connectivity index (χ2v) is 10.9. The van der Waals surface area contributed by atoms with E-state index in [0.717, 1.165) is 62.3 Å². The van der Waals surface area contributed by atoms with E-state index >= 15 is 0 Å². The van der Waals surface area contributed by atoms with Gasteiger partial charge < -0.3 is 19.9 Å². The number of esters is 1. The maximum atomic E-state index is 12.9. The van der Waals surface area contributed by atoms with Crippen molar-refractivity contribution in [3.05, 3.63) is 64.5 Å². The van der Waals surface area contributed by atoms with Gasteiger partial charge in [-0.1, -0.05) is 52.4 Å². The number of aromatic nitrogens is 2. The first-order chi connectivity index (χ1) is 20.7. The van der Waals surface area contributed by atoms with Crippen molar-refractivity contribution in [2.24, 2.45) is 0 Å². The number of benzene rings is 2. The molecular formula is C33H44N4O6. The lowest BCUT2D eigenvalue weighted by Crippen LogP contribution is -2.16. The van der Waals surface area contributed by atoms with E-state index in [4.69, 9.17) is 19.9 Å². The minimum Gasteiger partial charge on any atom is -0.491 e. The molecule has 0 bridgehead atoms. The number of nitro benzene ring substituents is 1. The molecule has 0 aliphatic heterocycles. The molecule has 10 nitrogen and oxygen atoms in total. The number of rotatable bonds is 18. The molecule has 3 aromatic rings. The van der Waals surface area contributed by atoms with Crippen molar-refractivity contribution in [1.29, 1.82) is 0 Å². The molecule has 2 atom stereocenters. The van der Waals surface area contributed by atoms with Crippen LogP contribution in [-0.2, 0) is 0 Å². The fourth-order valence-corrected chi connectivity index (χ4v) is 4.65. The Kier molecular flexibility index (Phi) is 13.2. The summed E-state index contributed by atoms with van der Waals surface area (Å²) in [6.45, 7) is 8.27. The number of nitrogens with two attached hydrogens (primary N) is 1. The molecule has 0 radical (unpaired) electrons. The van der Waals surface area contributed by atoms with E-state index < -0.39 is 10.9 Å². The van der Waals surface area contributed by atoms with Gasteiger partial charge in [0.1, 0.15) is 5.75 Å². The average molecular weight is 593 g/mol. The Hall–Kier alpha value is -4.21. The summed E-state index contributed by atoms with van der Waals surface area (Å²) in [4.78, 5) is 32.6. The Balaban J connectivity index is 1.61. The SMILES string of the molecule is CCCCCC[C@@H](C)Oc1ccc(-c2cnc(OC(=O)c3cc([N+](=O)[O-])c(O[C@H](C)CCCCCC)cc3N)cn2)cc1. The second kappa shape index (κ2) is 17.0. The van der Waals surface area contributed by atoms with Crippen LogP contribution in [0.3, 0.4) is 0 Å². The van der Waals surface area contributed by atoms with Gasteiger partial charge >= 0.3 is 11.7 Å². The standard InChI is InChI=1S/C33H44N4O6/c1-5-7-9-11-13-23(3)41-26-17-15-25(16-18-26)29-21-36-32(22-35-29)43-33(38)27-19-30(37(39)40)31(20-28(27)34)42-24(4)14-12-10-8-6-2/h15-24H,5-14,34H2,1-4H3/t23-,24-/m1/s1. The van der Waals surface area contributed by atoms with E-state index in [1.165, 1.54) is 37.7 Å². The van der Waals surface area contributed by atoms with Crippen molar-refractivity contribution >= 4 is 17.3 Å². The zero-order valence-electron chi connectivity index (χ0n) is 25.7. The van der Waals surface area contributed by atoms with Gasteiger partial charge in [-0.05, 0) is 63.8 Å². The summed E-state index contributed by atoms with van der Waals surface area (Å²) in [5.74, 6) is -0.139. The number of ether oxygens (including phenoxy) is 3. The third-order valence-electron chi connectivity index (χ3n) is 7.12. The number of nitro groups is 1. The third-order valence-corrected chi connectivity index (χ3v) is 7.12. The molecule has 0 unspecified atom stereocenters. The van der Waals surface area contributed by atoms with Crippen molar-refractivity contribution in [3.8, 4) is 28.6 Å². The minimum atomic E-state index is -0.882.